The maximum Gasteiger partial charge on any atom is 0.223 e. The second kappa shape index (κ2) is 6.59. The van der Waals surface area contributed by atoms with Gasteiger partial charge < -0.3 is 14.4 Å². The van der Waals surface area contributed by atoms with Gasteiger partial charge in [0.15, 0.2) is 0 Å². The van der Waals surface area contributed by atoms with E-state index in [4.69, 9.17) is 9.47 Å². The van der Waals surface area contributed by atoms with E-state index in [1.54, 1.807) is 7.11 Å². The Kier molecular flexibility index (Phi) is 4.73. The molecule has 2 aliphatic rings. The van der Waals surface area contributed by atoms with E-state index in [0.29, 0.717) is 6.42 Å². The third kappa shape index (κ3) is 3.30. The number of carbonyl (C=O) groups is 1. The van der Waals surface area contributed by atoms with E-state index in [0.717, 1.165) is 61.2 Å². The van der Waals surface area contributed by atoms with Gasteiger partial charge in [-0.2, -0.15) is 0 Å². The van der Waals surface area contributed by atoms with Gasteiger partial charge in [0.1, 0.15) is 5.75 Å². The lowest BCUT2D eigenvalue weighted by molar-refractivity contribution is -0.131. The normalized spacial score (nSPS) is 24.2. The molecule has 0 aliphatic carbocycles. The van der Waals surface area contributed by atoms with Gasteiger partial charge in [0, 0.05) is 30.6 Å². The van der Waals surface area contributed by atoms with Crippen molar-refractivity contribution in [3.8, 4) is 5.75 Å². The third-order valence-electron chi connectivity index (χ3n) is 4.72. The molecule has 2 heterocycles. The Morgan fingerprint density at radius 3 is 3.00 bits per heavy atom. The van der Waals surface area contributed by atoms with Crippen molar-refractivity contribution < 1.29 is 14.3 Å². The Morgan fingerprint density at radius 1 is 1.45 bits per heavy atom. The second-order valence-corrected chi connectivity index (χ2v) is 7.01. The van der Waals surface area contributed by atoms with Crippen LogP contribution in [0.3, 0.4) is 0 Å². The first-order valence-electron chi connectivity index (χ1n) is 7.86. The molecule has 1 aromatic rings. The molecular weight excluding hydrogens is 346 g/mol. The number of nitrogens with zero attached hydrogens (tertiary/aromatic N) is 1. The maximum atomic E-state index is 12.4. The lowest BCUT2D eigenvalue weighted by atomic mass is 10.00. The zero-order chi connectivity index (χ0) is 15.6. The largest absolute Gasteiger partial charge is 0.497 e. The Morgan fingerprint density at radius 2 is 2.32 bits per heavy atom. The number of carbonyl (C=O) groups excluding carboxylic acids is 1. The lowest BCUT2D eigenvalue weighted by Crippen LogP contribution is -2.35. The zero-order valence-electron chi connectivity index (χ0n) is 12.9. The van der Waals surface area contributed by atoms with Gasteiger partial charge in [0.05, 0.1) is 12.7 Å². The maximum absolute atomic E-state index is 12.4. The van der Waals surface area contributed by atoms with E-state index in [1.807, 2.05) is 23.1 Å². The van der Waals surface area contributed by atoms with Gasteiger partial charge in [-0.25, -0.2) is 0 Å². The van der Waals surface area contributed by atoms with Gasteiger partial charge >= 0.3 is 0 Å². The molecule has 22 heavy (non-hydrogen) atoms. The van der Waals surface area contributed by atoms with Crippen LogP contribution in [-0.4, -0.2) is 43.2 Å². The van der Waals surface area contributed by atoms with E-state index < -0.39 is 0 Å². The second-order valence-electron chi connectivity index (χ2n) is 6.16. The van der Waals surface area contributed by atoms with Crippen LogP contribution in [0, 0.1) is 0 Å². The van der Waals surface area contributed by atoms with E-state index in [1.165, 1.54) is 0 Å². The summed E-state index contributed by atoms with van der Waals surface area (Å²) in [5, 5.41) is 0. The Bertz CT molecular complexity index is 555. The summed E-state index contributed by atoms with van der Waals surface area (Å²) >= 11 is 3.55. The summed E-state index contributed by atoms with van der Waals surface area (Å²) in [6.07, 6.45) is 4.50. The number of rotatable bonds is 4. The molecule has 120 valence electrons. The molecule has 2 aliphatic heterocycles. The smallest absolute Gasteiger partial charge is 0.223 e. The number of methoxy groups -OCH3 is 1. The molecule has 0 bridgehead atoms. The molecule has 0 aromatic heterocycles. The minimum absolute atomic E-state index is 0.0314. The van der Waals surface area contributed by atoms with Gasteiger partial charge in [0.2, 0.25) is 5.91 Å². The SMILES string of the molecule is COc1ccc(CCC(=O)N2CCC3(CCCO3)C2)c(Br)c1. The van der Waals surface area contributed by atoms with E-state index in [2.05, 4.69) is 15.9 Å². The van der Waals surface area contributed by atoms with Gasteiger partial charge in [-0.15, -0.1) is 0 Å². The number of ether oxygens (including phenoxy) is 2. The quantitative estimate of drug-likeness (QED) is 0.820. The van der Waals surface area contributed by atoms with Crippen molar-refractivity contribution in [3.63, 3.8) is 0 Å². The molecule has 0 N–H and O–H groups in total. The number of hydrogen-bond donors (Lipinski definition) is 0. The molecule has 1 aromatic carbocycles. The van der Waals surface area contributed by atoms with Crippen LogP contribution in [0.1, 0.15) is 31.2 Å². The molecule has 1 spiro atoms. The predicted molar refractivity (Wildman–Crippen MR) is 88.1 cm³/mol. The van der Waals surface area contributed by atoms with Crippen LogP contribution in [-0.2, 0) is 16.0 Å². The highest BCUT2D eigenvalue weighted by Crippen LogP contribution is 2.35. The molecule has 2 saturated heterocycles. The molecule has 1 amide bonds. The van der Waals surface area contributed by atoms with Crippen molar-refractivity contribution in [1.29, 1.82) is 0 Å². The predicted octanol–water partition coefficient (Wildman–Crippen LogP) is 3.17. The summed E-state index contributed by atoms with van der Waals surface area (Å²) in [6.45, 7) is 2.46. The van der Waals surface area contributed by atoms with Crippen LogP contribution in [0.15, 0.2) is 22.7 Å². The minimum atomic E-state index is -0.0314. The monoisotopic (exact) mass is 367 g/mol. The van der Waals surface area contributed by atoms with Gasteiger partial charge in [0.25, 0.3) is 0 Å². The summed E-state index contributed by atoms with van der Waals surface area (Å²) in [5.74, 6) is 1.05. The molecule has 1 unspecified atom stereocenters. The van der Waals surface area contributed by atoms with Crippen LogP contribution in [0.2, 0.25) is 0 Å². The summed E-state index contributed by atoms with van der Waals surface area (Å²) in [7, 11) is 1.65. The van der Waals surface area contributed by atoms with Crippen molar-refractivity contribution in [3.05, 3.63) is 28.2 Å². The molecule has 4 nitrogen and oxygen atoms in total. The summed E-state index contributed by atoms with van der Waals surface area (Å²) in [4.78, 5) is 14.4. The van der Waals surface area contributed by atoms with E-state index in [-0.39, 0.29) is 11.5 Å². The van der Waals surface area contributed by atoms with Crippen LogP contribution in [0.4, 0.5) is 0 Å². The van der Waals surface area contributed by atoms with Gasteiger partial charge in [-0.05, 0) is 43.4 Å². The highest BCUT2D eigenvalue weighted by atomic mass is 79.9. The van der Waals surface area contributed by atoms with Gasteiger partial charge in [-0.3, -0.25) is 4.79 Å². The number of likely N-dealkylation sites (tertiary alicyclic amines) is 1. The van der Waals surface area contributed by atoms with Crippen LogP contribution < -0.4 is 4.74 Å². The van der Waals surface area contributed by atoms with Crippen molar-refractivity contribution in [1.82, 2.24) is 4.90 Å². The van der Waals surface area contributed by atoms with Crippen molar-refractivity contribution in [2.45, 2.75) is 37.7 Å². The van der Waals surface area contributed by atoms with Gasteiger partial charge in [-0.1, -0.05) is 22.0 Å². The molecule has 0 radical (unpaired) electrons. The van der Waals surface area contributed by atoms with Crippen LogP contribution in [0.25, 0.3) is 0 Å². The average Bonchev–Trinajstić information content (AvgIpc) is 3.16. The first-order chi connectivity index (χ1) is 10.6. The van der Waals surface area contributed by atoms with Crippen molar-refractivity contribution in [2.24, 2.45) is 0 Å². The third-order valence-corrected chi connectivity index (χ3v) is 5.46. The fourth-order valence-electron chi connectivity index (χ4n) is 3.39. The molecular formula is C17H22BrNO3. The average molecular weight is 368 g/mol. The summed E-state index contributed by atoms with van der Waals surface area (Å²) < 4.78 is 12.1. The first-order valence-corrected chi connectivity index (χ1v) is 8.65. The zero-order valence-corrected chi connectivity index (χ0v) is 14.5. The fourth-order valence-corrected chi connectivity index (χ4v) is 3.95. The minimum Gasteiger partial charge on any atom is -0.497 e. The topological polar surface area (TPSA) is 38.8 Å². The lowest BCUT2D eigenvalue weighted by Gasteiger charge is -2.23. The number of hydrogen-bond acceptors (Lipinski definition) is 3. The Hall–Kier alpha value is -1.07. The molecule has 3 rings (SSSR count). The standard InChI is InChI=1S/C17H22BrNO3/c1-21-14-5-3-13(15(18)11-14)4-6-16(20)19-9-8-17(12-19)7-2-10-22-17/h3,5,11H,2,4,6-10,12H2,1H3. The van der Waals surface area contributed by atoms with Crippen molar-refractivity contribution in [2.75, 3.05) is 26.8 Å². The van der Waals surface area contributed by atoms with E-state index >= 15 is 0 Å². The number of benzene rings is 1. The molecule has 2 fully saturated rings. The molecule has 1 atom stereocenters. The summed E-state index contributed by atoms with van der Waals surface area (Å²) in [6, 6.07) is 5.89. The summed E-state index contributed by atoms with van der Waals surface area (Å²) in [5.41, 5.74) is 1.11. The number of aryl methyl sites for hydroxylation is 1. The highest BCUT2D eigenvalue weighted by molar-refractivity contribution is 9.10. The fraction of sp³-hybridized carbons (Fsp3) is 0.588. The van der Waals surface area contributed by atoms with Crippen LogP contribution >= 0.6 is 15.9 Å². The van der Waals surface area contributed by atoms with Crippen molar-refractivity contribution >= 4 is 21.8 Å². The van der Waals surface area contributed by atoms with Crippen LogP contribution in [0.5, 0.6) is 5.75 Å². The van der Waals surface area contributed by atoms with E-state index in [9.17, 15) is 4.79 Å². The Labute approximate surface area is 139 Å². The number of amides is 1. The molecule has 0 saturated carbocycles. The highest BCUT2D eigenvalue weighted by Gasteiger charge is 2.42. The first kappa shape index (κ1) is 15.8. The number of halogens is 1. The Balaban J connectivity index is 1.54. The molecule has 5 heteroatoms.